The highest BCUT2D eigenvalue weighted by Crippen LogP contribution is 2.36. The standard InChI is InChI=1S/C28H25F3N2O4S/c1-35-23-9-5-6-19(25(23)36-20-7-3-2-4-8-20)12-15-22-24(26(34)33-16-17-38-27(33)32-22)18-10-13-21(14-11-18)37-28(29,30)31/h5-6,9-17,20H,2-4,7-8H2,1H3. The molecule has 0 saturated heterocycles. The molecule has 0 amide bonds. The van der Waals surface area contributed by atoms with Crippen molar-refractivity contribution in [3.63, 3.8) is 0 Å². The van der Waals surface area contributed by atoms with Crippen molar-refractivity contribution < 1.29 is 27.4 Å². The van der Waals surface area contributed by atoms with E-state index in [1.54, 1.807) is 24.8 Å². The van der Waals surface area contributed by atoms with Crippen molar-refractivity contribution in [2.45, 2.75) is 44.6 Å². The Balaban J connectivity index is 1.55. The topological polar surface area (TPSA) is 62.1 Å². The van der Waals surface area contributed by atoms with E-state index in [0.29, 0.717) is 27.7 Å². The monoisotopic (exact) mass is 542 g/mol. The second kappa shape index (κ2) is 10.9. The van der Waals surface area contributed by atoms with E-state index in [1.807, 2.05) is 24.3 Å². The number of alkyl halides is 3. The predicted molar refractivity (Wildman–Crippen MR) is 141 cm³/mol. The molecular weight excluding hydrogens is 517 g/mol. The summed E-state index contributed by atoms with van der Waals surface area (Å²) in [7, 11) is 1.59. The predicted octanol–water partition coefficient (Wildman–Crippen LogP) is 7.21. The lowest BCUT2D eigenvalue weighted by atomic mass is 9.97. The van der Waals surface area contributed by atoms with Crippen molar-refractivity contribution in [1.29, 1.82) is 0 Å². The number of hydrogen-bond donors (Lipinski definition) is 0. The third kappa shape index (κ3) is 5.70. The Labute approximate surface area is 220 Å². The van der Waals surface area contributed by atoms with Crippen LogP contribution >= 0.6 is 11.3 Å². The molecule has 0 unspecified atom stereocenters. The molecule has 0 N–H and O–H groups in total. The fraction of sp³-hybridized carbons (Fsp3) is 0.286. The number of halogens is 3. The molecule has 1 saturated carbocycles. The van der Waals surface area contributed by atoms with Gasteiger partial charge in [0.1, 0.15) is 5.75 Å². The minimum absolute atomic E-state index is 0.102. The van der Waals surface area contributed by atoms with Gasteiger partial charge in [0.25, 0.3) is 5.56 Å². The summed E-state index contributed by atoms with van der Waals surface area (Å²) in [5.41, 5.74) is 1.50. The Morgan fingerprint density at radius 2 is 1.82 bits per heavy atom. The largest absolute Gasteiger partial charge is 0.573 e. The SMILES string of the molecule is COc1cccc(C=Cc2nc3sccn3c(=O)c2-c2ccc(OC(F)(F)F)cc2)c1OC1CCCCC1. The Hall–Kier alpha value is -3.79. The molecule has 2 aromatic heterocycles. The first-order valence-electron chi connectivity index (χ1n) is 12.2. The van der Waals surface area contributed by atoms with Crippen molar-refractivity contribution >= 4 is 28.4 Å². The van der Waals surface area contributed by atoms with E-state index in [9.17, 15) is 18.0 Å². The molecular formula is C28H25F3N2O4S. The van der Waals surface area contributed by atoms with E-state index in [0.717, 1.165) is 31.2 Å². The molecule has 5 rings (SSSR count). The fourth-order valence-corrected chi connectivity index (χ4v) is 5.29. The first-order chi connectivity index (χ1) is 18.3. The molecule has 0 radical (unpaired) electrons. The number of nitrogens with zero attached hydrogens (tertiary/aromatic N) is 2. The molecule has 1 fully saturated rings. The first-order valence-corrected chi connectivity index (χ1v) is 13.1. The zero-order valence-corrected chi connectivity index (χ0v) is 21.3. The minimum Gasteiger partial charge on any atom is -0.493 e. The Bertz CT molecular complexity index is 1500. The summed E-state index contributed by atoms with van der Waals surface area (Å²) in [5, 5.41) is 1.75. The summed E-state index contributed by atoms with van der Waals surface area (Å²) in [6.07, 6.45) is 5.86. The molecule has 198 valence electrons. The highest BCUT2D eigenvalue weighted by Gasteiger charge is 2.31. The van der Waals surface area contributed by atoms with E-state index in [4.69, 9.17) is 9.47 Å². The molecule has 4 aromatic rings. The zero-order valence-electron chi connectivity index (χ0n) is 20.5. The van der Waals surface area contributed by atoms with Gasteiger partial charge < -0.3 is 14.2 Å². The van der Waals surface area contributed by atoms with E-state index < -0.39 is 6.36 Å². The number of methoxy groups -OCH3 is 1. The number of hydrogen-bond acceptors (Lipinski definition) is 6. The van der Waals surface area contributed by atoms with E-state index in [2.05, 4.69) is 9.72 Å². The summed E-state index contributed by atoms with van der Waals surface area (Å²) in [5.74, 6) is 0.867. The van der Waals surface area contributed by atoms with Gasteiger partial charge in [0.15, 0.2) is 16.5 Å². The van der Waals surface area contributed by atoms with Crippen molar-refractivity contribution in [3.05, 3.63) is 75.7 Å². The van der Waals surface area contributed by atoms with Gasteiger partial charge in [-0.25, -0.2) is 4.98 Å². The van der Waals surface area contributed by atoms with Gasteiger partial charge in [-0.15, -0.1) is 24.5 Å². The van der Waals surface area contributed by atoms with Crippen molar-refractivity contribution in [3.8, 4) is 28.4 Å². The lowest BCUT2D eigenvalue weighted by Crippen LogP contribution is -2.20. The van der Waals surface area contributed by atoms with Gasteiger partial charge in [0.2, 0.25) is 0 Å². The maximum absolute atomic E-state index is 13.4. The average Bonchev–Trinajstić information content (AvgIpc) is 3.38. The summed E-state index contributed by atoms with van der Waals surface area (Å²) in [6.45, 7) is 0. The summed E-state index contributed by atoms with van der Waals surface area (Å²) < 4.78 is 55.2. The van der Waals surface area contributed by atoms with Crippen LogP contribution in [-0.4, -0.2) is 29.0 Å². The third-order valence-corrected chi connectivity index (χ3v) is 7.11. The normalized spacial score (nSPS) is 14.7. The maximum Gasteiger partial charge on any atom is 0.573 e. The number of para-hydroxylation sites is 1. The second-order valence-electron chi connectivity index (χ2n) is 8.89. The highest BCUT2D eigenvalue weighted by molar-refractivity contribution is 7.15. The molecule has 0 spiro atoms. The van der Waals surface area contributed by atoms with Crippen LogP contribution in [0.2, 0.25) is 0 Å². The molecule has 2 heterocycles. The van der Waals surface area contributed by atoms with Crippen LogP contribution in [0.3, 0.4) is 0 Å². The second-order valence-corrected chi connectivity index (χ2v) is 9.77. The van der Waals surface area contributed by atoms with Crippen LogP contribution in [0.25, 0.3) is 28.2 Å². The van der Waals surface area contributed by atoms with Gasteiger partial charge in [-0.1, -0.05) is 30.7 Å². The molecule has 0 bridgehead atoms. The van der Waals surface area contributed by atoms with Gasteiger partial charge in [-0.3, -0.25) is 9.20 Å². The van der Waals surface area contributed by atoms with Gasteiger partial charge in [-0.05, 0) is 61.6 Å². The van der Waals surface area contributed by atoms with E-state index >= 15 is 0 Å². The van der Waals surface area contributed by atoms with Crippen LogP contribution in [0.1, 0.15) is 43.4 Å². The molecule has 0 atom stereocenters. The average molecular weight is 543 g/mol. The van der Waals surface area contributed by atoms with Gasteiger partial charge >= 0.3 is 6.36 Å². The van der Waals surface area contributed by atoms with Gasteiger partial charge in [0, 0.05) is 17.1 Å². The molecule has 1 aliphatic rings. The number of fused-ring (bicyclic) bond motifs is 1. The first kappa shape index (κ1) is 25.8. The Morgan fingerprint density at radius 3 is 2.53 bits per heavy atom. The smallest absolute Gasteiger partial charge is 0.493 e. The summed E-state index contributed by atoms with van der Waals surface area (Å²) in [6, 6.07) is 10.8. The Kier molecular flexibility index (Phi) is 7.42. The number of thiazole rings is 1. The van der Waals surface area contributed by atoms with Gasteiger partial charge in [0.05, 0.1) is 24.5 Å². The highest BCUT2D eigenvalue weighted by atomic mass is 32.1. The molecule has 2 aromatic carbocycles. The zero-order chi connectivity index (χ0) is 26.7. The maximum atomic E-state index is 13.4. The van der Waals surface area contributed by atoms with Crippen LogP contribution < -0.4 is 19.8 Å². The van der Waals surface area contributed by atoms with Crippen LogP contribution in [0.4, 0.5) is 13.2 Å². The lowest BCUT2D eigenvalue weighted by Gasteiger charge is -2.25. The minimum atomic E-state index is -4.81. The molecule has 0 aliphatic heterocycles. The molecule has 10 heteroatoms. The molecule has 1 aliphatic carbocycles. The number of aromatic nitrogens is 2. The Morgan fingerprint density at radius 1 is 1.05 bits per heavy atom. The molecule has 38 heavy (non-hydrogen) atoms. The molecule has 6 nitrogen and oxygen atoms in total. The fourth-order valence-electron chi connectivity index (χ4n) is 4.58. The number of ether oxygens (including phenoxy) is 3. The van der Waals surface area contributed by atoms with E-state index in [-0.39, 0.29) is 23.0 Å². The van der Waals surface area contributed by atoms with Gasteiger partial charge in [-0.2, -0.15) is 0 Å². The summed E-state index contributed by atoms with van der Waals surface area (Å²) >= 11 is 1.31. The van der Waals surface area contributed by atoms with Crippen molar-refractivity contribution in [2.24, 2.45) is 0 Å². The van der Waals surface area contributed by atoms with E-state index in [1.165, 1.54) is 46.4 Å². The third-order valence-electron chi connectivity index (χ3n) is 6.36. The van der Waals surface area contributed by atoms with Crippen LogP contribution in [-0.2, 0) is 0 Å². The van der Waals surface area contributed by atoms with Crippen LogP contribution in [0.15, 0.2) is 58.8 Å². The van der Waals surface area contributed by atoms with Crippen LogP contribution in [0.5, 0.6) is 17.2 Å². The quantitative estimate of drug-likeness (QED) is 0.247. The van der Waals surface area contributed by atoms with Crippen LogP contribution in [0, 0.1) is 0 Å². The van der Waals surface area contributed by atoms with Crippen molar-refractivity contribution in [2.75, 3.05) is 7.11 Å². The number of rotatable bonds is 7. The number of benzene rings is 2. The lowest BCUT2D eigenvalue weighted by molar-refractivity contribution is -0.274. The summed E-state index contributed by atoms with van der Waals surface area (Å²) in [4.78, 5) is 18.6. The van der Waals surface area contributed by atoms with Crippen molar-refractivity contribution in [1.82, 2.24) is 9.38 Å².